The summed E-state index contributed by atoms with van der Waals surface area (Å²) in [5.41, 5.74) is -0.402. The predicted molar refractivity (Wildman–Crippen MR) is 38.4 cm³/mol. The van der Waals surface area contributed by atoms with Crippen molar-refractivity contribution in [3.05, 3.63) is 24.3 Å². The number of nitrogens with zero attached hydrogens (tertiary/aromatic N) is 2. The van der Waals surface area contributed by atoms with Gasteiger partial charge in [-0.15, -0.1) is 0 Å². The van der Waals surface area contributed by atoms with Gasteiger partial charge in [-0.3, -0.25) is 4.98 Å². The highest BCUT2D eigenvalue weighted by Gasteiger charge is 2.34. The Kier molecular flexibility index (Phi) is 3.00. The van der Waals surface area contributed by atoms with E-state index in [0.29, 0.717) is 0 Å². The van der Waals surface area contributed by atoms with E-state index in [1.165, 1.54) is 6.20 Å². The van der Waals surface area contributed by atoms with Crippen LogP contribution >= 0.6 is 0 Å². The van der Waals surface area contributed by atoms with Crippen LogP contribution in [0.25, 0.3) is 0 Å². The third-order valence-electron chi connectivity index (χ3n) is 1.17. The molecule has 0 bridgehead atoms. The zero-order valence-corrected chi connectivity index (χ0v) is 6.78. The van der Waals surface area contributed by atoms with Crippen molar-refractivity contribution in [3.63, 3.8) is 0 Å². The highest BCUT2D eigenvalue weighted by Crippen LogP contribution is 2.17. The molecule has 0 atom stereocenters. The molecule has 0 aliphatic heterocycles. The number of aromatic nitrogens is 2. The number of rotatable bonds is 3. The lowest BCUT2D eigenvalue weighted by molar-refractivity contribution is -0.209. The fraction of sp³-hybridized carbons (Fsp3) is 0.286. The molecule has 0 saturated carbocycles. The molecule has 0 aromatic carbocycles. The van der Waals surface area contributed by atoms with Gasteiger partial charge in [0.1, 0.15) is 0 Å². The van der Waals surface area contributed by atoms with Crippen molar-refractivity contribution in [1.29, 1.82) is 0 Å². The fourth-order valence-electron chi connectivity index (χ4n) is 0.620. The largest absolute Gasteiger partial charge is 0.429 e. The summed E-state index contributed by atoms with van der Waals surface area (Å²) >= 11 is 0. The number of alkyl halides is 3. The highest BCUT2D eigenvalue weighted by molar-refractivity contribution is 5.86. The molecule has 1 rings (SSSR count). The van der Waals surface area contributed by atoms with Gasteiger partial charge in [-0.1, -0.05) is 0 Å². The Morgan fingerprint density at radius 3 is 2.71 bits per heavy atom. The average molecular weight is 206 g/mol. The van der Waals surface area contributed by atoms with Crippen molar-refractivity contribution in [3.8, 4) is 0 Å². The number of hydrogen-bond acceptors (Lipinski definition) is 4. The molecule has 0 aliphatic carbocycles. The molecule has 0 radical (unpaired) electrons. The summed E-state index contributed by atoms with van der Waals surface area (Å²) in [4.78, 5) is 17.7. The lowest BCUT2D eigenvalue weighted by Gasteiger charge is -2.11. The molecule has 0 aliphatic rings. The Morgan fingerprint density at radius 1 is 1.50 bits per heavy atom. The molecule has 0 fully saturated rings. The van der Waals surface area contributed by atoms with Crippen LogP contribution in [0.3, 0.4) is 0 Å². The van der Waals surface area contributed by atoms with Crippen LogP contribution in [0.2, 0.25) is 0 Å². The second kappa shape index (κ2) is 4.03. The summed E-state index contributed by atoms with van der Waals surface area (Å²) in [6, 6.07) is 0. The van der Waals surface area contributed by atoms with Crippen LogP contribution in [0, 0.1) is 0 Å². The number of ether oxygens (including phenoxy) is 1. The first kappa shape index (κ1) is 10.4. The van der Waals surface area contributed by atoms with Crippen LogP contribution < -0.4 is 0 Å². The minimum Gasteiger partial charge on any atom is -0.394 e. The molecule has 0 N–H and O–H groups in total. The first-order valence-electron chi connectivity index (χ1n) is 3.48. The van der Waals surface area contributed by atoms with Gasteiger partial charge in [0.25, 0.3) is 0 Å². The first-order valence-corrected chi connectivity index (χ1v) is 3.48. The van der Waals surface area contributed by atoms with E-state index in [4.69, 9.17) is 0 Å². The summed E-state index contributed by atoms with van der Waals surface area (Å²) in [6.45, 7) is -2.07. The van der Waals surface area contributed by atoms with E-state index in [9.17, 15) is 18.0 Å². The Morgan fingerprint density at radius 2 is 2.21 bits per heavy atom. The Hall–Kier alpha value is -1.66. The monoisotopic (exact) mass is 206 g/mol. The molecule has 14 heavy (non-hydrogen) atoms. The molecule has 7 heteroatoms. The molecular weight excluding hydrogens is 201 g/mol. The van der Waals surface area contributed by atoms with Crippen molar-refractivity contribution in [2.45, 2.75) is 6.11 Å². The molecule has 0 spiro atoms. The molecule has 0 amide bonds. The van der Waals surface area contributed by atoms with Crippen molar-refractivity contribution < 1.29 is 22.7 Å². The van der Waals surface area contributed by atoms with Crippen molar-refractivity contribution >= 4 is 5.97 Å². The Labute approximate surface area is 76.7 Å². The molecule has 0 saturated heterocycles. The molecule has 1 aromatic heterocycles. The molecule has 76 valence electrons. The zero-order chi connectivity index (χ0) is 10.6. The maximum Gasteiger partial charge on any atom is 0.429 e. The van der Waals surface area contributed by atoms with Gasteiger partial charge in [-0.2, -0.15) is 8.78 Å². The highest BCUT2D eigenvalue weighted by atomic mass is 19.3. The minimum atomic E-state index is -4.12. The van der Waals surface area contributed by atoms with Crippen molar-refractivity contribution in [2.24, 2.45) is 0 Å². The second-order valence-electron chi connectivity index (χ2n) is 2.25. The minimum absolute atomic E-state index is 0.402. The van der Waals surface area contributed by atoms with E-state index in [1.54, 1.807) is 0 Å². The summed E-state index contributed by atoms with van der Waals surface area (Å²) in [6.07, 6.45) is -0.792. The van der Waals surface area contributed by atoms with E-state index < -0.39 is 24.4 Å². The van der Waals surface area contributed by atoms with Gasteiger partial charge in [0.2, 0.25) is 0 Å². The van der Waals surface area contributed by atoms with Crippen molar-refractivity contribution in [1.82, 2.24) is 9.97 Å². The summed E-state index contributed by atoms with van der Waals surface area (Å²) in [5.74, 6) is -1.42. The van der Waals surface area contributed by atoms with Gasteiger partial charge in [-0.05, 0) is 0 Å². The van der Waals surface area contributed by atoms with Gasteiger partial charge in [0.15, 0.2) is 12.4 Å². The molecule has 1 heterocycles. The molecule has 0 unspecified atom stereocenters. The van der Waals surface area contributed by atoms with Gasteiger partial charge >= 0.3 is 12.1 Å². The van der Waals surface area contributed by atoms with E-state index >= 15 is 0 Å². The van der Waals surface area contributed by atoms with Crippen LogP contribution in [0.5, 0.6) is 0 Å². The van der Waals surface area contributed by atoms with Crippen LogP contribution in [0.15, 0.2) is 18.6 Å². The number of carbonyl (C=O) groups excluding carboxylic acids is 1. The molecular formula is C7H5F3N2O2. The quantitative estimate of drug-likeness (QED) is 0.697. The van der Waals surface area contributed by atoms with Crippen LogP contribution in [0.1, 0.15) is 10.5 Å². The second-order valence-corrected chi connectivity index (χ2v) is 2.25. The van der Waals surface area contributed by atoms with E-state index in [1.807, 2.05) is 0 Å². The zero-order valence-electron chi connectivity index (χ0n) is 6.78. The lowest BCUT2D eigenvalue weighted by Crippen LogP contribution is -2.27. The third kappa shape index (κ3) is 2.68. The maximum atomic E-state index is 12.2. The number of esters is 1. The first-order chi connectivity index (χ1) is 6.55. The summed E-state index contributed by atoms with van der Waals surface area (Å²) < 4.78 is 39.6. The van der Waals surface area contributed by atoms with E-state index in [-0.39, 0.29) is 0 Å². The van der Waals surface area contributed by atoms with E-state index in [2.05, 4.69) is 14.7 Å². The van der Waals surface area contributed by atoms with Crippen LogP contribution in [-0.2, 0) is 4.74 Å². The smallest absolute Gasteiger partial charge is 0.394 e. The predicted octanol–water partition coefficient (Wildman–Crippen LogP) is 1.20. The third-order valence-corrected chi connectivity index (χ3v) is 1.17. The SMILES string of the molecule is O=C(OC(F)(F)CF)c1cnccn1. The van der Waals surface area contributed by atoms with Gasteiger partial charge in [0.05, 0.1) is 6.20 Å². The number of hydrogen-bond donors (Lipinski definition) is 0. The van der Waals surface area contributed by atoms with Gasteiger partial charge < -0.3 is 4.74 Å². The summed E-state index contributed by atoms with van der Waals surface area (Å²) in [5, 5.41) is 0. The van der Waals surface area contributed by atoms with E-state index in [0.717, 1.165) is 12.4 Å². The van der Waals surface area contributed by atoms with Gasteiger partial charge in [0, 0.05) is 12.4 Å². The lowest BCUT2D eigenvalue weighted by atomic mass is 10.4. The number of halogens is 3. The van der Waals surface area contributed by atoms with Crippen LogP contribution in [0.4, 0.5) is 13.2 Å². The Bertz CT molecular complexity index is 318. The maximum absolute atomic E-state index is 12.2. The average Bonchev–Trinajstić information content (AvgIpc) is 2.19. The standard InChI is InChI=1S/C7H5F3N2O2/c8-4-7(9,10)14-6(13)5-3-11-1-2-12-5/h1-3H,4H2. The Balaban J connectivity index is 2.69. The normalized spacial score (nSPS) is 11.1. The van der Waals surface area contributed by atoms with Gasteiger partial charge in [-0.25, -0.2) is 14.2 Å². The summed E-state index contributed by atoms with van der Waals surface area (Å²) in [7, 11) is 0. The topological polar surface area (TPSA) is 52.1 Å². The molecule has 4 nitrogen and oxygen atoms in total. The molecule has 1 aromatic rings. The fourth-order valence-corrected chi connectivity index (χ4v) is 0.620. The number of carbonyl (C=O) groups is 1. The van der Waals surface area contributed by atoms with Crippen LogP contribution in [-0.4, -0.2) is 28.7 Å². The van der Waals surface area contributed by atoms with Crippen molar-refractivity contribution in [2.75, 3.05) is 6.67 Å².